The van der Waals surface area contributed by atoms with Gasteiger partial charge in [-0.1, -0.05) is 0 Å². The highest BCUT2D eigenvalue weighted by Crippen LogP contribution is 2.11. The minimum Gasteiger partial charge on any atom is -0.368 e. The summed E-state index contributed by atoms with van der Waals surface area (Å²) in [7, 11) is 3.84. The molecule has 94 valence electrons. The number of likely N-dealkylation sites (N-methyl/N-ethyl adjacent to an activating group) is 1. The molecular weight excluding hydrogens is 218 g/mol. The molecule has 1 aliphatic heterocycles. The number of amides is 1. The number of hydrogen-bond donors (Lipinski definition) is 1. The Hall–Kier alpha value is -1.40. The zero-order chi connectivity index (χ0) is 12.4. The molecule has 1 aliphatic rings. The minimum absolute atomic E-state index is 0.180. The van der Waals surface area contributed by atoms with Gasteiger partial charge >= 0.3 is 0 Å². The zero-order valence-electron chi connectivity index (χ0n) is 10.3. The molecule has 1 aromatic rings. The normalized spacial score (nSPS) is 22.8. The summed E-state index contributed by atoms with van der Waals surface area (Å²) >= 11 is 0. The van der Waals surface area contributed by atoms with E-state index in [1.54, 1.807) is 4.68 Å². The Balaban J connectivity index is 1.96. The van der Waals surface area contributed by atoms with Gasteiger partial charge in [0.2, 0.25) is 5.91 Å². The van der Waals surface area contributed by atoms with Crippen LogP contribution in [0, 0.1) is 0 Å². The lowest BCUT2D eigenvalue weighted by Gasteiger charge is -2.37. The number of nitrogens with zero attached hydrogens (tertiary/aromatic N) is 4. The van der Waals surface area contributed by atoms with Crippen molar-refractivity contribution in [3.8, 4) is 0 Å². The quantitative estimate of drug-likeness (QED) is 0.734. The van der Waals surface area contributed by atoms with Crippen LogP contribution >= 0.6 is 0 Å². The van der Waals surface area contributed by atoms with E-state index in [0.29, 0.717) is 6.54 Å². The number of aromatic nitrogens is 2. The van der Waals surface area contributed by atoms with Gasteiger partial charge in [-0.15, -0.1) is 0 Å². The smallest absolute Gasteiger partial charge is 0.236 e. The molecule has 0 unspecified atom stereocenters. The Morgan fingerprint density at radius 1 is 1.53 bits per heavy atom. The van der Waals surface area contributed by atoms with Crippen LogP contribution in [-0.4, -0.2) is 58.2 Å². The molecular formula is C11H19N5O. The summed E-state index contributed by atoms with van der Waals surface area (Å²) in [5.74, 6) is -0.247. The van der Waals surface area contributed by atoms with E-state index in [9.17, 15) is 4.79 Å². The van der Waals surface area contributed by atoms with Crippen LogP contribution in [0.4, 0.5) is 0 Å². The van der Waals surface area contributed by atoms with Gasteiger partial charge in [0.1, 0.15) is 6.04 Å². The molecule has 6 nitrogen and oxygen atoms in total. The monoisotopic (exact) mass is 237 g/mol. The van der Waals surface area contributed by atoms with Gasteiger partial charge in [0.25, 0.3) is 0 Å². The van der Waals surface area contributed by atoms with Crippen molar-refractivity contribution >= 4 is 5.91 Å². The fourth-order valence-corrected chi connectivity index (χ4v) is 2.19. The second-order valence-corrected chi connectivity index (χ2v) is 4.66. The predicted octanol–water partition coefficient (Wildman–Crippen LogP) is -0.979. The van der Waals surface area contributed by atoms with E-state index < -0.39 is 0 Å². The highest BCUT2D eigenvalue weighted by atomic mass is 16.1. The number of carbonyl (C=O) groups excluding carboxylic acids is 1. The summed E-state index contributed by atoms with van der Waals surface area (Å²) in [4.78, 5) is 15.6. The first kappa shape index (κ1) is 12.1. The molecule has 1 saturated heterocycles. The van der Waals surface area contributed by atoms with Crippen LogP contribution in [0.1, 0.15) is 5.56 Å². The van der Waals surface area contributed by atoms with Crippen LogP contribution < -0.4 is 5.73 Å². The lowest BCUT2D eigenvalue weighted by molar-refractivity contribution is -0.125. The lowest BCUT2D eigenvalue weighted by atomic mass is 10.1. The maximum Gasteiger partial charge on any atom is 0.236 e. The van der Waals surface area contributed by atoms with Crippen molar-refractivity contribution in [2.75, 3.05) is 26.7 Å². The van der Waals surface area contributed by atoms with Gasteiger partial charge in [-0.2, -0.15) is 5.10 Å². The summed E-state index contributed by atoms with van der Waals surface area (Å²) < 4.78 is 1.79. The van der Waals surface area contributed by atoms with Crippen molar-refractivity contribution in [1.82, 2.24) is 19.6 Å². The Labute approximate surface area is 101 Å². The van der Waals surface area contributed by atoms with E-state index in [1.807, 2.05) is 31.4 Å². The fraction of sp³-hybridized carbons (Fsp3) is 0.636. The Bertz CT molecular complexity index is 402. The van der Waals surface area contributed by atoms with Crippen molar-refractivity contribution in [2.24, 2.45) is 12.8 Å². The fourth-order valence-electron chi connectivity index (χ4n) is 2.19. The third-order valence-corrected chi connectivity index (χ3v) is 3.23. The minimum atomic E-state index is -0.247. The van der Waals surface area contributed by atoms with Crippen LogP contribution in [0.25, 0.3) is 0 Å². The van der Waals surface area contributed by atoms with Gasteiger partial charge in [-0.3, -0.25) is 19.3 Å². The number of rotatable bonds is 3. The predicted molar refractivity (Wildman–Crippen MR) is 64.1 cm³/mol. The number of piperazine rings is 1. The first-order chi connectivity index (χ1) is 8.06. The summed E-state index contributed by atoms with van der Waals surface area (Å²) in [6.45, 7) is 3.34. The largest absolute Gasteiger partial charge is 0.368 e. The zero-order valence-corrected chi connectivity index (χ0v) is 10.3. The molecule has 1 aromatic heterocycles. The topological polar surface area (TPSA) is 67.4 Å². The standard InChI is InChI=1S/C11H19N5O/c1-14-3-4-16(8-10(14)11(12)17)7-9-5-13-15(2)6-9/h5-6,10H,3-4,7-8H2,1-2H3,(H2,12,17)/t10-/m1/s1. The molecule has 0 radical (unpaired) electrons. The van der Waals surface area contributed by atoms with Crippen LogP contribution in [0.5, 0.6) is 0 Å². The summed E-state index contributed by atoms with van der Waals surface area (Å²) in [6.07, 6.45) is 3.86. The average molecular weight is 237 g/mol. The number of nitrogens with two attached hydrogens (primary N) is 1. The highest BCUT2D eigenvalue weighted by molar-refractivity contribution is 5.80. The van der Waals surface area contributed by atoms with Crippen molar-refractivity contribution in [3.05, 3.63) is 18.0 Å². The van der Waals surface area contributed by atoms with Gasteiger partial charge in [-0.25, -0.2) is 0 Å². The van der Waals surface area contributed by atoms with Gasteiger partial charge in [0.05, 0.1) is 6.20 Å². The SMILES string of the molecule is CN1CCN(Cc2cnn(C)c2)C[C@@H]1C(N)=O. The molecule has 0 spiro atoms. The second kappa shape index (κ2) is 4.85. The van der Waals surface area contributed by atoms with E-state index in [0.717, 1.165) is 19.6 Å². The molecule has 6 heteroatoms. The first-order valence-corrected chi connectivity index (χ1v) is 5.75. The third-order valence-electron chi connectivity index (χ3n) is 3.23. The first-order valence-electron chi connectivity index (χ1n) is 5.75. The average Bonchev–Trinajstić information content (AvgIpc) is 2.66. The second-order valence-electron chi connectivity index (χ2n) is 4.66. The Morgan fingerprint density at radius 3 is 2.88 bits per heavy atom. The lowest BCUT2D eigenvalue weighted by Crippen LogP contribution is -2.56. The molecule has 2 heterocycles. The van der Waals surface area contributed by atoms with Gasteiger partial charge in [-0.05, 0) is 7.05 Å². The van der Waals surface area contributed by atoms with E-state index in [2.05, 4.69) is 10.00 Å². The van der Waals surface area contributed by atoms with Gasteiger partial charge in [0, 0.05) is 45.0 Å². The highest BCUT2D eigenvalue weighted by Gasteiger charge is 2.28. The molecule has 2 rings (SSSR count). The van der Waals surface area contributed by atoms with Gasteiger partial charge < -0.3 is 5.73 Å². The Morgan fingerprint density at radius 2 is 2.29 bits per heavy atom. The van der Waals surface area contributed by atoms with Crippen LogP contribution in [0.2, 0.25) is 0 Å². The van der Waals surface area contributed by atoms with E-state index in [4.69, 9.17) is 5.73 Å². The molecule has 0 bridgehead atoms. The van der Waals surface area contributed by atoms with Crippen molar-refractivity contribution < 1.29 is 4.79 Å². The number of primary amides is 1. The van der Waals surface area contributed by atoms with Gasteiger partial charge in [0.15, 0.2) is 0 Å². The molecule has 2 N–H and O–H groups in total. The molecule has 1 amide bonds. The van der Waals surface area contributed by atoms with Crippen LogP contribution in [0.15, 0.2) is 12.4 Å². The maximum atomic E-state index is 11.3. The third kappa shape index (κ3) is 2.83. The summed E-state index contributed by atoms with van der Waals surface area (Å²) in [6, 6.07) is -0.180. The van der Waals surface area contributed by atoms with Crippen LogP contribution in [0.3, 0.4) is 0 Å². The molecule has 17 heavy (non-hydrogen) atoms. The van der Waals surface area contributed by atoms with E-state index in [1.165, 1.54) is 5.56 Å². The van der Waals surface area contributed by atoms with E-state index in [-0.39, 0.29) is 11.9 Å². The van der Waals surface area contributed by atoms with Crippen molar-refractivity contribution in [1.29, 1.82) is 0 Å². The van der Waals surface area contributed by atoms with Crippen LogP contribution in [-0.2, 0) is 18.4 Å². The summed E-state index contributed by atoms with van der Waals surface area (Å²) in [5, 5.41) is 4.14. The molecule has 0 saturated carbocycles. The molecule has 1 fully saturated rings. The summed E-state index contributed by atoms with van der Waals surface area (Å²) in [5.41, 5.74) is 6.56. The van der Waals surface area contributed by atoms with Crippen molar-refractivity contribution in [3.63, 3.8) is 0 Å². The Kier molecular flexibility index (Phi) is 3.44. The molecule has 1 atom stereocenters. The number of hydrogen-bond acceptors (Lipinski definition) is 4. The molecule has 0 aromatic carbocycles. The van der Waals surface area contributed by atoms with E-state index >= 15 is 0 Å². The molecule has 0 aliphatic carbocycles. The maximum absolute atomic E-state index is 11.3. The van der Waals surface area contributed by atoms with Crippen molar-refractivity contribution in [2.45, 2.75) is 12.6 Å². The number of aryl methyl sites for hydroxylation is 1. The number of carbonyl (C=O) groups is 1.